The van der Waals surface area contributed by atoms with Crippen LogP contribution < -0.4 is 10.6 Å². The van der Waals surface area contributed by atoms with Crippen molar-refractivity contribution in [3.05, 3.63) is 29.0 Å². The van der Waals surface area contributed by atoms with E-state index in [-0.39, 0.29) is 34.7 Å². The summed E-state index contributed by atoms with van der Waals surface area (Å²) < 4.78 is 13.1. The molecule has 1 fully saturated rings. The largest absolute Gasteiger partial charge is 0.354 e. The van der Waals surface area contributed by atoms with Crippen molar-refractivity contribution in [2.45, 2.75) is 45.6 Å². The van der Waals surface area contributed by atoms with Crippen molar-refractivity contribution in [1.82, 2.24) is 5.32 Å². The third-order valence-corrected chi connectivity index (χ3v) is 4.38. The molecule has 0 spiro atoms. The van der Waals surface area contributed by atoms with Gasteiger partial charge in [-0.25, -0.2) is 4.39 Å². The normalized spacial score (nSPS) is 21.1. The molecule has 2 amide bonds. The zero-order chi connectivity index (χ0) is 17.0. The number of carbonyl (C=O) groups is 2. The van der Waals surface area contributed by atoms with Gasteiger partial charge in [-0.15, -0.1) is 0 Å². The van der Waals surface area contributed by atoms with Gasteiger partial charge in [0.2, 0.25) is 11.8 Å². The molecule has 0 saturated heterocycles. The molecule has 1 aliphatic rings. The number of amides is 2. The summed E-state index contributed by atoms with van der Waals surface area (Å²) in [7, 11) is 0. The van der Waals surface area contributed by atoms with E-state index < -0.39 is 5.82 Å². The Hall–Kier alpha value is -1.62. The number of carbonyl (C=O) groups excluding carboxylic acids is 2. The molecule has 126 valence electrons. The molecular formula is C17H22ClFN2O2. The zero-order valence-electron chi connectivity index (χ0n) is 13.4. The highest BCUT2D eigenvalue weighted by molar-refractivity contribution is 6.31. The molecule has 0 heterocycles. The fourth-order valence-corrected chi connectivity index (χ4v) is 3.02. The van der Waals surface area contributed by atoms with E-state index in [9.17, 15) is 14.0 Å². The van der Waals surface area contributed by atoms with Crippen molar-refractivity contribution in [3.8, 4) is 0 Å². The molecule has 1 saturated carbocycles. The van der Waals surface area contributed by atoms with Crippen molar-refractivity contribution in [3.63, 3.8) is 0 Å². The van der Waals surface area contributed by atoms with E-state index in [0.29, 0.717) is 31.4 Å². The third-order valence-electron chi connectivity index (χ3n) is 4.09. The van der Waals surface area contributed by atoms with Crippen LogP contribution in [0.5, 0.6) is 0 Å². The van der Waals surface area contributed by atoms with Crippen LogP contribution in [0.15, 0.2) is 18.2 Å². The number of hydrogen-bond acceptors (Lipinski definition) is 2. The van der Waals surface area contributed by atoms with E-state index in [1.165, 1.54) is 18.2 Å². The van der Waals surface area contributed by atoms with E-state index in [2.05, 4.69) is 10.6 Å². The Labute approximate surface area is 140 Å². The molecular weight excluding hydrogens is 319 g/mol. The lowest BCUT2D eigenvalue weighted by Crippen LogP contribution is -2.38. The summed E-state index contributed by atoms with van der Waals surface area (Å²) in [4.78, 5) is 24.3. The van der Waals surface area contributed by atoms with Gasteiger partial charge in [0, 0.05) is 23.6 Å². The Morgan fingerprint density at radius 1 is 1.13 bits per heavy atom. The molecule has 0 aromatic heterocycles. The second kappa shape index (κ2) is 7.77. The van der Waals surface area contributed by atoms with Crippen LogP contribution in [0, 0.1) is 17.7 Å². The molecule has 2 rings (SSSR count). The van der Waals surface area contributed by atoms with Gasteiger partial charge in [0.15, 0.2) is 0 Å². The molecule has 0 aliphatic heterocycles. The number of halogens is 2. The Balaban J connectivity index is 1.86. The minimum Gasteiger partial charge on any atom is -0.354 e. The lowest BCUT2D eigenvalue weighted by molar-refractivity contribution is -0.128. The van der Waals surface area contributed by atoms with Gasteiger partial charge in [-0.05, 0) is 57.7 Å². The summed E-state index contributed by atoms with van der Waals surface area (Å²) in [6, 6.07) is 4.24. The van der Waals surface area contributed by atoms with Gasteiger partial charge < -0.3 is 10.6 Å². The maximum absolute atomic E-state index is 13.1. The van der Waals surface area contributed by atoms with Crippen LogP contribution in [-0.2, 0) is 9.59 Å². The number of benzene rings is 1. The monoisotopic (exact) mass is 340 g/mol. The summed E-state index contributed by atoms with van der Waals surface area (Å²) in [5.41, 5.74) is 0.487. The van der Waals surface area contributed by atoms with Crippen LogP contribution >= 0.6 is 11.6 Å². The van der Waals surface area contributed by atoms with Gasteiger partial charge in [0.05, 0.1) is 5.02 Å². The predicted molar refractivity (Wildman–Crippen MR) is 88.8 cm³/mol. The smallest absolute Gasteiger partial charge is 0.227 e. The van der Waals surface area contributed by atoms with Crippen LogP contribution in [-0.4, -0.2) is 17.9 Å². The molecule has 6 heteroatoms. The summed E-state index contributed by atoms with van der Waals surface area (Å²) in [6.45, 7) is 3.87. The molecule has 0 bridgehead atoms. The Morgan fingerprint density at radius 3 is 2.22 bits per heavy atom. The number of anilines is 1. The first-order valence-corrected chi connectivity index (χ1v) is 8.31. The molecule has 23 heavy (non-hydrogen) atoms. The summed E-state index contributed by atoms with van der Waals surface area (Å²) in [6.07, 6.45) is 2.77. The molecule has 0 unspecified atom stereocenters. The average molecular weight is 341 g/mol. The average Bonchev–Trinajstić information content (AvgIpc) is 2.50. The van der Waals surface area contributed by atoms with Gasteiger partial charge in [0.1, 0.15) is 5.82 Å². The van der Waals surface area contributed by atoms with Crippen molar-refractivity contribution in [2.75, 3.05) is 5.32 Å². The Morgan fingerprint density at radius 2 is 1.70 bits per heavy atom. The lowest BCUT2D eigenvalue weighted by Gasteiger charge is -2.27. The standard InChI is InChI=1S/C17H22ClFN2O2/c1-10(2)20-16(22)11-3-5-12(6-4-11)17(23)21-13-7-8-15(19)14(18)9-13/h7-12H,3-6H2,1-2H3,(H,20,22)(H,21,23). The van der Waals surface area contributed by atoms with Crippen molar-refractivity contribution < 1.29 is 14.0 Å². The fraction of sp³-hybridized carbons (Fsp3) is 0.529. The summed E-state index contributed by atoms with van der Waals surface area (Å²) >= 11 is 5.71. The third kappa shape index (κ3) is 4.93. The van der Waals surface area contributed by atoms with Crippen molar-refractivity contribution in [1.29, 1.82) is 0 Å². The highest BCUT2D eigenvalue weighted by Gasteiger charge is 2.30. The van der Waals surface area contributed by atoms with Crippen molar-refractivity contribution >= 4 is 29.1 Å². The SMILES string of the molecule is CC(C)NC(=O)C1CCC(C(=O)Nc2ccc(F)c(Cl)c2)CC1. The van der Waals surface area contributed by atoms with Crippen LogP contribution in [0.3, 0.4) is 0 Å². The lowest BCUT2D eigenvalue weighted by atomic mass is 9.81. The van der Waals surface area contributed by atoms with E-state index in [4.69, 9.17) is 11.6 Å². The van der Waals surface area contributed by atoms with E-state index >= 15 is 0 Å². The second-order valence-corrected chi connectivity index (χ2v) is 6.74. The fourth-order valence-electron chi connectivity index (χ4n) is 2.84. The van der Waals surface area contributed by atoms with E-state index in [0.717, 1.165) is 0 Å². The molecule has 1 aliphatic carbocycles. The Bertz CT molecular complexity index is 584. The zero-order valence-corrected chi connectivity index (χ0v) is 14.1. The van der Waals surface area contributed by atoms with E-state index in [1.54, 1.807) is 0 Å². The number of hydrogen-bond donors (Lipinski definition) is 2. The number of nitrogens with one attached hydrogen (secondary N) is 2. The molecule has 4 nitrogen and oxygen atoms in total. The highest BCUT2D eigenvalue weighted by Crippen LogP contribution is 2.30. The van der Waals surface area contributed by atoms with Crippen LogP contribution in [0.2, 0.25) is 5.02 Å². The topological polar surface area (TPSA) is 58.2 Å². The maximum atomic E-state index is 13.1. The minimum atomic E-state index is -0.513. The summed E-state index contributed by atoms with van der Waals surface area (Å²) in [5.74, 6) is -0.676. The summed E-state index contributed by atoms with van der Waals surface area (Å²) in [5, 5.41) is 5.67. The van der Waals surface area contributed by atoms with E-state index in [1.807, 2.05) is 13.8 Å². The molecule has 0 atom stereocenters. The number of rotatable bonds is 4. The molecule has 1 aromatic carbocycles. The quantitative estimate of drug-likeness (QED) is 0.877. The van der Waals surface area contributed by atoms with Crippen LogP contribution in [0.1, 0.15) is 39.5 Å². The van der Waals surface area contributed by atoms with Gasteiger partial charge >= 0.3 is 0 Å². The van der Waals surface area contributed by atoms with Crippen LogP contribution in [0.25, 0.3) is 0 Å². The molecule has 0 radical (unpaired) electrons. The minimum absolute atomic E-state index is 0.0123. The second-order valence-electron chi connectivity index (χ2n) is 6.33. The first-order valence-electron chi connectivity index (χ1n) is 7.93. The van der Waals surface area contributed by atoms with Gasteiger partial charge in [0.25, 0.3) is 0 Å². The van der Waals surface area contributed by atoms with Crippen LogP contribution in [0.4, 0.5) is 10.1 Å². The van der Waals surface area contributed by atoms with Gasteiger partial charge in [-0.1, -0.05) is 11.6 Å². The van der Waals surface area contributed by atoms with Gasteiger partial charge in [-0.3, -0.25) is 9.59 Å². The first kappa shape index (κ1) is 17.7. The highest BCUT2D eigenvalue weighted by atomic mass is 35.5. The van der Waals surface area contributed by atoms with Crippen molar-refractivity contribution in [2.24, 2.45) is 11.8 Å². The molecule has 2 N–H and O–H groups in total. The maximum Gasteiger partial charge on any atom is 0.227 e. The Kier molecular flexibility index (Phi) is 5.99. The molecule has 1 aromatic rings. The first-order chi connectivity index (χ1) is 10.9. The predicted octanol–water partition coefficient (Wildman–Crippen LogP) is 3.75. The van der Waals surface area contributed by atoms with Gasteiger partial charge in [-0.2, -0.15) is 0 Å².